The van der Waals surface area contributed by atoms with E-state index in [0.717, 1.165) is 36.0 Å². The van der Waals surface area contributed by atoms with Crippen LogP contribution in [0, 0.1) is 0 Å². The number of fused-ring (bicyclic) bond motifs is 1. The van der Waals surface area contributed by atoms with Crippen molar-refractivity contribution >= 4 is 28.5 Å². The molecule has 5 aromatic carbocycles. The van der Waals surface area contributed by atoms with Gasteiger partial charge in [-0.1, -0.05) is 118 Å². The topological polar surface area (TPSA) is 102 Å². The van der Waals surface area contributed by atoms with Gasteiger partial charge in [0, 0.05) is 23.2 Å². The Morgan fingerprint density at radius 3 is 2.15 bits per heavy atom. The molecule has 0 saturated carbocycles. The maximum absolute atomic E-state index is 14.5. The van der Waals surface area contributed by atoms with E-state index < -0.39 is 12.1 Å². The minimum Gasteiger partial charge on any atom is -0.478 e. The smallest absolute Gasteiger partial charge is 0.349 e. The molecular formula is C44H43N3O5. The lowest BCUT2D eigenvalue weighted by Crippen LogP contribution is -2.31. The summed E-state index contributed by atoms with van der Waals surface area (Å²) in [6, 6.07) is 39.0. The van der Waals surface area contributed by atoms with Crippen LogP contribution in [0.3, 0.4) is 0 Å². The summed E-state index contributed by atoms with van der Waals surface area (Å²) in [7, 11) is 0. The van der Waals surface area contributed by atoms with Crippen LogP contribution in [0.4, 0.5) is 5.69 Å². The molecule has 1 amide bonds. The highest BCUT2D eigenvalue weighted by molar-refractivity contribution is 6.06. The molecule has 8 nitrogen and oxygen atoms in total. The fourth-order valence-corrected chi connectivity index (χ4v) is 6.40. The van der Waals surface area contributed by atoms with E-state index in [1.54, 1.807) is 58.0 Å². The molecule has 0 aliphatic heterocycles. The number of hydrogen-bond donors (Lipinski definition) is 1. The van der Waals surface area contributed by atoms with Gasteiger partial charge in [0.1, 0.15) is 11.6 Å². The number of ether oxygens (including phenoxy) is 1. The third-order valence-corrected chi connectivity index (χ3v) is 9.09. The van der Waals surface area contributed by atoms with Gasteiger partial charge < -0.3 is 14.7 Å². The van der Waals surface area contributed by atoms with Crippen molar-refractivity contribution in [2.75, 3.05) is 4.90 Å². The SMILES string of the molecule is CCCCc1nc2ccc(N(Cc3ccccc3)C(=O)c3ccccc3)cc2c(=O)n1Cc1ccc(OC(C(=O)O)c2ccccc2)c(CCC)c1. The summed E-state index contributed by atoms with van der Waals surface area (Å²) in [5.74, 6) is -0.0386. The molecule has 52 heavy (non-hydrogen) atoms. The van der Waals surface area contributed by atoms with Gasteiger partial charge in [-0.25, -0.2) is 9.78 Å². The minimum absolute atomic E-state index is 0.167. The van der Waals surface area contributed by atoms with Crippen LogP contribution in [0.2, 0.25) is 0 Å². The quantitative estimate of drug-likeness (QED) is 0.115. The second kappa shape index (κ2) is 16.8. The standard InChI is InChI=1S/C44H43N3O5/c1-3-5-22-40-45-38-25-24-36(46(29-31-16-9-6-10-17-31)42(48)34-20-13-8-14-21-34)28-37(38)43(49)47(40)30-32-23-26-39(35(27-32)15-4-2)52-41(44(50)51)33-18-11-7-12-19-33/h6-14,16-21,23-28,41H,3-5,15,22,29-30H2,1-2H3,(H,50,51). The van der Waals surface area contributed by atoms with Crippen molar-refractivity contribution in [2.24, 2.45) is 0 Å². The van der Waals surface area contributed by atoms with Gasteiger partial charge in [-0.15, -0.1) is 0 Å². The van der Waals surface area contributed by atoms with Crippen molar-refractivity contribution in [2.45, 2.75) is 65.1 Å². The van der Waals surface area contributed by atoms with E-state index in [9.17, 15) is 19.5 Å². The highest BCUT2D eigenvalue weighted by Gasteiger charge is 2.24. The van der Waals surface area contributed by atoms with Crippen LogP contribution in [-0.4, -0.2) is 26.5 Å². The van der Waals surface area contributed by atoms with Gasteiger partial charge in [-0.3, -0.25) is 14.2 Å². The number of anilines is 1. The second-order valence-corrected chi connectivity index (χ2v) is 12.9. The minimum atomic E-state index is -1.15. The van der Waals surface area contributed by atoms with Crippen molar-refractivity contribution in [3.63, 3.8) is 0 Å². The third-order valence-electron chi connectivity index (χ3n) is 9.09. The number of amides is 1. The molecule has 0 aliphatic rings. The zero-order chi connectivity index (χ0) is 36.5. The number of carbonyl (C=O) groups excluding carboxylic acids is 1. The van der Waals surface area contributed by atoms with Crippen LogP contribution in [0.15, 0.2) is 132 Å². The van der Waals surface area contributed by atoms with Gasteiger partial charge in [0.25, 0.3) is 11.5 Å². The number of carboxylic acid groups (broad SMARTS) is 1. The Morgan fingerprint density at radius 1 is 0.788 bits per heavy atom. The van der Waals surface area contributed by atoms with Gasteiger partial charge in [0.05, 0.1) is 24.0 Å². The number of carbonyl (C=O) groups is 2. The van der Waals surface area contributed by atoms with Crippen molar-refractivity contribution in [1.29, 1.82) is 0 Å². The number of nitrogens with zero attached hydrogens (tertiary/aromatic N) is 3. The highest BCUT2D eigenvalue weighted by Crippen LogP contribution is 2.29. The van der Waals surface area contributed by atoms with Crippen LogP contribution >= 0.6 is 0 Å². The molecule has 0 spiro atoms. The summed E-state index contributed by atoms with van der Waals surface area (Å²) in [4.78, 5) is 47.3. The summed E-state index contributed by atoms with van der Waals surface area (Å²) in [5, 5.41) is 10.4. The van der Waals surface area contributed by atoms with Crippen molar-refractivity contribution < 1.29 is 19.4 Å². The normalized spacial score (nSPS) is 11.7. The summed E-state index contributed by atoms with van der Waals surface area (Å²) >= 11 is 0. The molecule has 6 aromatic rings. The number of hydrogen-bond acceptors (Lipinski definition) is 5. The van der Waals surface area contributed by atoms with Crippen LogP contribution < -0.4 is 15.2 Å². The Balaban J connectivity index is 1.39. The lowest BCUT2D eigenvalue weighted by Gasteiger charge is -2.24. The summed E-state index contributed by atoms with van der Waals surface area (Å²) in [6.07, 6.45) is 2.80. The molecular weight excluding hydrogens is 650 g/mol. The van der Waals surface area contributed by atoms with E-state index in [-0.39, 0.29) is 18.0 Å². The van der Waals surface area contributed by atoms with Crippen molar-refractivity contribution in [3.8, 4) is 5.75 Å². The monoisotopic (exact) mass is 693 g/mol. The Kier molecular flexibility index (Phi) is 11.6. The van der Waals surface area contributed by atoms with Crippen LogP contribution in [0.25, 0.3) is 10.9 Å². The first-order valence-electron chi connectivity index (χ1n) is 17.9. The largest absolute Gasteiger partial charge is 0.478 e. The van der Waals surface area contributed by atoms with Gasteiger partial charge in [-0.05, 0) is 65.9 Å². The Labute approximate surface area is 304 Å². The molecule has 0 saturated heterocycles. The second-order valence-electron chi connectivity index (χ2n) is 12.9. The first-order valence-corrected chi connectivity index (χ1v) is 17.9. The van der Waals surface area contributed by atoms with E-state index in [1.807, 2.05) is 78.9 Å². The first-order chi connectivity index (χ1) is 25.4. The highest BCUT2D eigenvalue weighted by atomic mass is 16.5. The fourth-order valence-electron chi connectivity index (χ4n) is 6.40. The van der Waals surface area contributed by atoms with Crippen LogP contribution in [-0.2, 0) is 30.7 Å². The van der Waals surface area contributed by atoms with Gasteiger partial charge in [0.2, 0.25) is 6.10 Å². The van der Waals surface area contributed by atoms with E-state index in [4.69, 9.17) is 9.72 Å². The van der Waals surface area contributed by atoms with E-state index in [1.165, 1.54) is 0 Å². The summed E-state index contributed by atoms with van der Waals surface area (Å²) in [6.45, 7) is 4.78. The van der Waals surface area contributed by atoms with Crippen LogP contribution in [0.5, 0.6) is 5.75 Å². The molecule has 1 aromatic heterocycles. The number of unbranched alkanes of at least 4 members (excludes halogenated alkanes) is 1. The molecule has 1 heterocycles. The number of aryl methyl sites for hydroxylation is 2. The molecule has 0 bridgehead atoms. The van der Waals surface area contributed by atoms with Crippen molar-refractivity contribution in [3.05, 3.63) is 171 Å². The lowest BCUT2D eigenvalue weighted by molar-refractivity contribution is -0.145. The molecule has 6 rings (SSSR count). The third kappa shape index (κ3) is 8.29. The average Bonchev–Trinajstić information content (AvgIpc) is 3.18. The number of aliphatic carboxylic acids is 1. The number of aromatic nitrogens is 2. The van der Waals surface area contributed by atoms with Gasteiger partial charge >= 0.3 is 5.97 Å². The zero-order valence-electron chi connectivity index (χ0n) is 29.6. The molecule has 8 heteroatoms. The van der Waals surface area contributed by atoms with Crippen molar-refractivity contribution in [1.82, 2.24) is 9.55 Å². The molecule has 0 fully saturated rings. The molecule has 0 radical (unpaired) electrons. The maximum Gasteiger partial charge on any atom is 0.349 e. The van der Waals surface area contributed by atoms with E-state index >= 15 is 0 Å². The predicted molar refractivity (Wildman–Crippen MR) is 205 cm³/mol. The molecule has 1 unspecified atom stereocenters. The summed E-state index contributed by atoms with van der Waals surface area (Å²) in [5.41, 5.74) is 4.83. The molecule has 1 atom stereocenters. The number of rotatable bonds is 15. The van der Waals surface area contributed by atoms with Crippen LogP contribution in [0.1, 0.15) is 77.7 Å². The molecule has 0 aliphatic carbocycles. The fraction of sp³-hybridized carbons (Fsp3) is 0.227. The van der Waals surface area contributed by atoms with Gasteiger partial charge in [-0.2, -0.15) is 0 Å². The molecule has 1 N–H and O–H groups in total. The zero-order valence-corrected chi connectivity index (χ0v) is 29.6. The maximum atomic E-state index is 14.5. The van der Waals surface area contributed by atoms with E-state index in [0.29, 0.717) is 58.7 Å². The number of carboxylic acids is 1. The Hall–Kier alpha value is -6.02. The Bertz CT molecular complexity index is 2200. The number of benzene rings is 5. The lowest BCUT2D eigenvalue weighted by atomic mass is 10.0. The van der Waals surface area contributed by atoms with Gasteiger partial charge in [0.15, 0.2) is 0 Å². The predicted octanol–water partition coefficient (Wildman–Crippen LogP) is 8.79. The first kappa shape index (κ1) is 35.8. The molecule has 264 valence electrons. The van der Waals surface area contributed by atoms with E-state index in [2.05, 4.69) is 13.8 Å². The average molecular weight is 694 g/mol. The Morgan fingerprint density at radius 2 is 1.48 bits per heavy atom. The summed E-state index contributed by atoms with van der Waals surface area (Å²) < 4.78 is 7.86.